The Hall–Kier alpha value is -2.19. The molecule has 2 aliphatic carbocycles. The fraction of sp³-hybridized carbons (Fsp3) is 0.379. The summed E-state index contributed by atoms with van der Waals surface area (Å²) in [5, 5.41) is 0. The maximum atomic E-state index is 5.47. The Morgan fingerprint density at radius 2 is 1.65 bits per heavy atom. The van der Waals surface area contributed by atoms with Gasteiger partial charge in [0.25, 0.3) is 0 Å². The van der Waals surface area contributed by atoms with Crippen LogP contribution in [-0.4, -0.2) is 11.9 Å². The highest BCUT2D eigenvalue weighted by Gasteiger charge is 2.55. The van der Waals surface area contributed by atoms with Gasteiger partial charge in [-0.25, -0.2) is 0 Å². The van der Waals surface area contributed by atoms with Crippen LogP contribution in [0.4, 0.5) is 0 Å². The molecule has 2 heteroatoms. The van der Waals surface area contributed by atoms with Gasteiger partial charge in [0.15, 0.2) is 0 Å². The van der Waals surface area contributed by atoms with E-state index in [-0.39, 0.29) is 4.75 Å². The van der Waals surface area contributed by atoms with E-state index < -0.39 is 0 Å². The highest BCUT2D eigenvalue weighted by Crippen LogP contribution is 2.64. The molecule has 0 radical (unpaired) electrons. The minimum atomic E-state index is 0.182. The number of ether oxygens (including phenoxy) is 1. The molecule has 2 fully saturated rings. The lowest BCUT2D eigenvalue weighted by atomic mass is 9.79. The van der Waals surface area contributed by atoms with Crippen molar-refractivity contribution in [2.24, 2.45) is 11.8 Å². The quantitative estimate of drug-likeness (QED) is 0.398. The van der Waals surface area contributed by atoms with Crippen molar-refractivity contribution in [2.75, 3.05) is 7.11 Å². The van der Waals surface area contributed by atoms with Crippen molar-refractivity contribution in [1.82, 2.24) is 0 Å². The van der Waals surface area contributed by atoms with Crippen molar-refractivity contribution in [1.29, 1.82) is 0 Å². The Kier molecular flexibility index (Phi) is 5.84. The molecule has 31 heavy (non-hydrogen) atoms. The molecule has 5 rings (SSSR count). The first kappa shape index (κ1) is 20.7. The smallest absolute Gasteiger partial charge is 0.118 e. The van der Waals surface area contributed by atoms with Gasteiger partial charge in [-0.2, -0.15) is 0 Å². The zero-order valence-electron chi connectivity index (χ0n) is 18.6. The van der Waals surface area contributed by atoms with Crippen LogP contribution in [0.15, 0.2) is 83.8 Å². The zero-order valence-corrected chi connectivity index (χ0v) is 19.4. The van der Waals surface area contributed by atoms with E-state index >= 15 is 0 Å². The molecule has 0 unspecified atom stereocenters. The number of thioether (sulfide) groups is 1. The van der Waals surface area contributed by atoms with Gasteiger partial charge in [-0.3, -0.25) is 0 Å². The highest BCUT2D eigenvalue weighted by molar-refractivity contribution is 8.00. The molecule has 3 aromatic carbocycles. The fourth-order valence-corrected chi connectivity index (χ4v) is 7.90. The van der Waals surface area contributed by atoms with Crippen LogP contribution in [0.25, 0.3) is 0 Å². The molecule has 2 saturated carbocycles. The summed E-state index contributed by atoms with van der Waals surface area (Å²) in [5.74, 6) is 3.14. The van der Waals surface area contributed by atoms with Gasteiger partial charge in [-0.1, -0.05) is 73.0 Å². The SMILES string of the molecule is COc1ccc([C@H]2[C@@H]3CCC[C@@H]3C[C@@]2(Cc2ccccc2)Sc2ccc(C)cc2)cc1. The Bertz CT molecular complexity index is 995. The number of methoxy groups -OCH3 is 1. The van der Waals surface area contributed by atoms with Gasteiger partial charge in [0.2, 0.25) is 0 Å². The van der Waals surface area contributed by atoms with Crippen molar-refractivity contribution in [3.63, 3.8) is 0 Å². The monoisotopic (exact) mass is 428 g/mol. The lowest BCUT2D eigenvalue weighted by Crippen LogP contribution is -2.33. The van der Waals surface area contributed by atoms with Crippen molar-refractivity contribution in [3.05, 3.63) is 95.6 Å². The van der Waals surface area contributed by atoms with Gasteiger partial charge in [-0.05, 0) is 73.4 Å². The van der Waals surface area contributed by atoms with Gasteiger partial charge < -0.3 is 4.74 Å². The highest BCUT2D eigenvalue weighted by atomic mass is 32.2. The number of fused-ring (bicyclic) bond motifs is 1. The van der Waals surface area contributed by atoms with E-state index in [1.165, 1.54) is 47.3 Å². The number of rotatable bonds is 6. The number of hydrogen-bond donors (Lipinski definition) is 0. The van der Waals surface area contributed by atoms with E-state index in [4.69, 9.17) is 4.74 Å². The van der Waals surface area contributed by atoms with Crippen molar-refractivity contribution in [3.8, 4) is 5.75 Å². The van der Waals surface area contributed by atoms with E-state index in [0.717, 1.165) is 24.0 Å². The summed E-state index contributed by atoms with van der Waals surface area (Å²) in [4.78, 5) is 1.40. The third-order valence-corrected chi connectivity index (χ3v) is 8.96. The van der Waals surface area contributed by atoms with Gasteiger partial charge in [-0.15, -0.1) is 11.8 Å². The second-order valence-corrected chi connectivity index (χ2v) is 10.9. The third kappa shape index (κ3) is 4.15. The van der Waals surface area contributed by atoms with E-state index in [2.05, 4.69) is 97.5 Å². The fourth-order valence-electron chi connectivity index (χ4n) is 6.19. The number of aryl methyl sites for hydroxylation is 1. The van der Waals surface area contributed by atoms with Crippen LogP contribution in [0.2, 0.25) is 0 Å². The molecule has 0 heterocycles. The lowest BCUT2D eigenvalue weighted by molar-refractivity contribution is 0.405. The van der Waals surface area contributed by atoms with Crippen LogP contribution < -0.4 is 4.74 Å². The molecule has 0 bridgehead atoms. The standard InChI is InChI=1S/C29H32OS/c1-21-11-17-26(18-12-21)31-29(19-22-7-4-3-5-8-22)20-24-9-6-10-27(24)28(29)23-13-15-25(30-2)16-14-23/h3-5,7-8,11-18,24,27-28H,6,9-10,19-20H2,1-2H3/t24-,27-,28+,29-/m1/s1. The first-order valence-electron chi connectivity index (χ1n) is 11.6. The minimum absolute atomic E-state index is 0.182. The maximum absolute atomic E-state index is 5.47. The summed E-state index contributed by atoms with van der Waals surface area (Å²) >= 11 is 2.14. The average Bonchev–Trinajstić information content (AvgIpc) is 3.35. The summed E-state index contributed by atoms with van der Waals surface area (Å²) in [6, 6.07) is 29.3. The predicted octanol–water partition coefficient (Wildman–Crippen LogP) is 7.68. The summed E-state index contributed by atoms with van der Waals surface area (Å²) in [6.07, 6.45) is 6.57. The first-order valence-corrected chi connectivity index (χ1v) is 12.4. The molecule has 0 amide bonds. The van der Waals surface area contributed by atoms with Gasteiger partial charge in [0.05, 0.1) is 7.11 Å². The Labute approximate surface area is 191 Å². The van der Waals surface area contributed by atoms with E-state index in [9.17, 15) is 0 Å². The van der Waals surface area contributed by atoms with Gasteiger partial charge in [0.1, 0.15) is 5.75 Å². The number of benzene rings is 3. The molecule has 2 aliphatic rings. The van der Waals surface area contributed by atoms with E-state index in [0.29, 0.717) is 5.92 Å². The van der Waals surface area contributed by atoms with Gasteiger partial charge in [0, 0.05) is 15.6 Å². The largest absolute Gasteiger partial charge is 0.497 e. The van der Waals surface area contributed by atoms with Crippen molar-refractivity contribution in [2.45, 2.75) is 54.6 Å². The maximum Gasteiger partial charge on any atom is 0.118 e. The molecular formula is C29H32OS. The predicted molar refractivity (Wildman–Crippen MR) is 131 cm³/mol. The molecule has 1 nitrogen and oxygen atoms in total. The van der Waals surface area contributed by atoms with Crippen molar-refractivity contribution >= 4 is 11.8 Å². The lowest BCUT2D eigenvalue weighted by Gasteiger charge is -2.38. The summed E-state index contributed by atoms with van der Waals surface area (Å²) in [6.45, 7) is 2.17. The van der Waals surface area contributed by atoms with E-state index in [1.807, 2.05) is 0 Å². The molecule has 160 valence electrons. The van der Waals surface area contributed by atoms with Crippen LogP contribution in [0.5, 0.6) is 5.75 Å². The second-order valence-electron chi connectivity index (χ2n) is 9.45. The molecule has 0 saturated heterocycles. The van der Waals surface area contributed by atoms with Crippen LogP contribution in [0.1, 0.15) is 48.3 Å². The Morgan fingerprint density at radius 3 is 2.35 bits per heavy atom. The Morgan fingerprint density at radius 1 is 0.903 bits per heavy atom. The van der Waals surface area contributed by atoms with Crippen LogP contribution in [-0.2, 0) is 6.42 Å². The van der Waals surface area contributed by atoms with Crippen LogP contribution in [0.3, 0.4) is 0 Å². The van der Waals surface area contributed by atoms with E-state index in [1.54, 1.807) is 7.11 Å². The summed E-state index contributed by atoms with van der Waals surface area (Å²) in [5.41, 5.74) is 4.28. The average molecular weight is 429 g/mol. The Balaban J connectivity index is 1.59. The molecular weight excluding hydrogens is 396 g/mol. The molecule has 0 N–H and O–H groups in total. The van der Waals surface area contributed by atoms with Crippen molar-refractivity contribution < 1.29 is 4.74 Å². The normalized spacial score (nSPS) is 27.2. The minimum Gasteiger partial charge on any atom is -0.497 e. The zero-order chi connectivity index (χ0) is 21.3. The molecule has 4 atom stereocenters. The van der Waals surface area contributed by atoms with Crippen LogP contribution in [0, 0.1) is 18.8 Å². The van der Waals surface area contributed by atoms with Gasteiger partial charge >= 0.3 is 0 Å². The topological polar surface area (TPSA) is 9.23 Å². The molecule has 0 aromatic heterocycles. The second kappa shape index (κ2) is 8.74. The third-order valence-electron chi connectivity index (χ3n) is 7.48. The number of hydrogen-bond acceptors (Lipinski definition) is 2. The summed E-state index contributed by atoms with van der Waals surface area (Å²) in [7, 11) is 1.75. The molecule has 3 aromatic rings. The molecule has 0 spiro atoms. The first-order chi connectivity index (χ1) is 15.2. The molecule has 0 aliphatic heterocycles. The van der Waals surface area contributed by atoms with Crippen LogP contribution >= 0.6 is 11.8 Å². The summed E-state index contributed by atoms with van der Waals surface area (Å²) < 4.78 is 5.65.